The maximum absolute atomic E-state index is 12.4. The highest BCUT2D eigenvalue weighted by atomic mass is 16.6. The van der Waals surface area contributed by atoms with Crippen LogP contribution in [0.25, 0.3) is 10.9 Å². The van der Waals surface area contributed by atoms with Gasteiger partial charge in [0, 0.05) is 43.5 Å². The third kappa shape index (κ3) is 5.26. The summed E-state index contributed by atoms with van der Waals surface area (Å²) in [5.74, 6) is -0.0874. The maximum Gasteiger partial charge on any atom is 0.410 e. The number of carbonyl (C=O) groups excluding carboxylic acids is 2. The van der Waals surface area contributed by atoms with Crippen molar-refractivity contribution in [2.24, 2.45) is 0 Å². The highest BCUT2D eigenvalue weighted by molar-refractivity contribution is 5.97. The first-order valence-electron chi connectivity index (χ1n) is 10.9. The Hall–Kier alpha value is -3.28. The van der Waals surface area contributed by atoms with Crippen LogP contribution in [-0.4, -0.2) is 41.6 Å². The van der Waals surface area contributed by atoms with Crippen molar-refractivity contribution < 1.29 is 14.3 Å². The Balaban J connectivity index is 0.00000132. The van der Waals surface area contributed by atoms with Crippen molar-refractivity contribution in [3.05, 3.63) is 71.9 Å². The Morgan fingerprint density at radius 2 is 1.74 bits per heavy atom. The fourth-order valence-electron chi connectivity index (χ4n) is 3.89. The normalized spacial score (nSPS) is 14.0. The third-order valence-corrected chi connectivity index (χ3v) is 5.53. The molecule has 2 heterocycles. The molecule has 4 rings (SSSR count). The van der Waals surface area contributed by atoms with Gasteiger partial charge in [0.2, 0.25) is 0 Å². The van der Waals surface area contributed by atoms with Crippen LogP contribution in [0.2, 0.25) is 0 Å². The Labute approximate surface area is 183 Å². The highest BCUT2D eigenvalue weighted by Gasteiger charge is 2.25. The second kappa shape index (κ2) is 10.7. The fraction of sp³-hybridized carbons (Fsp3) is 0.360. The molecule has 6 heteroatoms. The van der Waals surface area contributed by atoms with Crippen LogP contribution in [0.1, 0.15) is 48.7 Å². The second-order valence-corrected chi connectivity index (χ2v) is 7.33. The lowest BCUT2D eigenvalue weighted by molar-refractivity contribution is 0.0834. The first-order valence-corrected chi connectivity index (χ1v) is 10.9. The number of nitrogens with zero attached hydrogens (tertiary/aromatic N) is 2. The Morgan fingerprint density at radius 1 is 1.03 bits per heavy atom. The van der Waals surface area contributed by atoms with Crippen LogP contribution in [0.15, 0.2) is 60.8 Å². The predicted molar refractivity (Wildman–Crippen MR) is 123 cm³/mol. The summed E-state index contributed by atoms with van der Waals surface area (Å²) in [6.07, 6.45) is 3.53. The number of fused-ring (bicyclic) bond motifs is 1. The van der Waals surface area contributed by atoms with Gasteiger partial charge in [0.15, 0.2) is 0 Å². The largest absolute Gasteiger partial charge is 0.445 e. The van der Waals surface area contributed by atoms with Gasteiger partial charge >= 0.3 is 6.09 Å². The molecular formula is C25H31N3O3. The zero-order valence-corrected chi connectivity index (χ0v) is 18.5. The van der Waals surface area contributed by atoms with Crippen molar-refractivity contribution in [1.82, 2.24) is 14.8 Å². The molecule has 0 spiro atoms. The molecule has 1 aliphatic heterocycles. The number of nitrogens with one attached hydrogen (secondary N) is 1. The fourth-order valence-corrected chi connectivity index (χ4v) is 3.89. The summed E-state index contributed by atoms with van der Waals surface area (Å²) < 4.78 is 7.68. The van der Waals surface area contributed by atoms with Crippen LogP contribution in [0, 0.1) is 0 Å². The monoisotopic (exact) mass is 421 g/mol. The minimum absolute atomic E-state index is 0.0874. The van der Waals surface area contributed by atoms with E-state index in [0.717, 1.165) is 29.3 Å². The number of ether oxygens (including phenoxy) is 1. The van der Waals surface area contributed by atoms with E-state index in [0.29, 0.717) is 31.3 Å². The van der Waals surface area contributed by atoms with Gasteiger partial charge in [-0.3, -0.25) is 4.79 Å². The molecule has 2 aromatic carbocycles. The molecule has 164 valence electrons. The van der Waals surface area contributed by atoms with E-state index in [2.05, 4.69) is 22.1 Å². The third-order valence-electron chi connectivity index (χ3n) is 5.53. The van der Waals surface area contributed by atoms with Crippen molar-refractivity contribution in [1.29, 1.82) is 0 Å². The minimum atomic E-state index is -0.258. The molecule has 1 N–H and O–H groups in total. The van der Waals surface area contributed by atoms with E-state index in [1.165, 1.54) is 0 Å². The lowest BCUT2D eigenvalue weighted by Gasteiger charge is -2.32. The zero-order valence-electron chi connectivity index (χ0n) is 18.5. The van der Waals surface area contributed by atoms with Gasteiger partial charge in [0.1, 0.15) is 6.61 Å². The predicted octanol–water partition coefficient (Wildman–Crippen LogP) is 5.00. The van der Waals surface area contributed by atoms with E-state index in [4.69, 9.17) is 4.74 Å². The number of benzene rings is 2. The van der Waals surface area contributed by atoms with Gasteiger partial charge in [0.25, 0.3) is 5.91 Å². The summed E-state index contributed by atoms with van der Waals surface area (Å²) >= 11 is 0. The first kappa shape index (κ1) is 22.4. The maximum atomic E-state index is 12.4. The molecule has 0 unspecified atom stereocenters. The number of hydrogen-bond donors (Lipinski definition) is 1. The van der Waals surface area contributed by atoms with Crippen LogP contribution in [0.5, 0.6) is 0 Å². The molecule has 31 heavy (non-hydrogen) atoms. The van der Waals surface area contributed by atoms with Crippen molar-refractivity contribution in [2.75, 3.05) is 20.1 Å². The van der Waals surface area contributed by atoms with Crippen molar-refractivity contribution in [3.8, 4) is 0 Å². The number of aromatic nitrogens is 1. The molecule has 0 saturated carbocycles. The molecular weight excluding hydrogens is 390 g/mol. The van der Waals surface area contributed by atoms with E-state index in [1.807, 2.05) is 62.4 Å². The van der Waals surface area contributed by atoms with E-state index < -0.39 is 0 Å². The molecule has 3 aromatic rings. The summed E-state index contributed by atoms with van der Waals surface area (Å²) in [5, 5.41) is 3.79. The van der Waals surface area contributed by atoms with Crippen LogP contribution >= 0.6 is 0 Å². The quantitative estimate of drug-likeness (QED) is 0.645. The van der Waals surface area contributed by atoms with Crippen LogP contribution < -0.4 is 5.32 Å². The van der Waals surface area contributed by atoms with Gasteiger partial charge in [-0.2, -0.15) is 0 Å². The molecule has 0 atom stereocenters. The smallest absolute Gasteiger partial charge is 0.410 e. The molecule has 1 aromatic heterocycles. The highest BCUT2D eigenvalue weighted by Crippen LogP contribution is 2.28. The molecule has 2 amide bonds. The summed E-state index contributed by atoms with van der Waals surface area (Å²) in [4.78, 5) is 26.1. The van der Waals surface area contributed by atoms with Crippen LogP contribution in [-0.2, 0) is 11.3 Å². The van der Waals surface area contributed by atoms with Crippen molar-refractivity contribution >= 4 is 22.9 Å². The average molecular weight is 422 g/mol. The molecule has 1 aliphatic rings. The number of amides is 2. The number of carbonyl (C=O) groups is 2. The van der Waals surface area contributed by atoms with E-state index >= 15 is 0 Å². The number of hydrogen-bond acceptors (Lipinski definition) is 3. The molecule has 1 saturated heterocycles. The zero-order chi connectivity index (χ0) is 22.2. The van der Waals surface area contributed by atoms with Gasteiger partial charge in [-0.1, -0.05) is 50.2 Å². The van der Waals surface area contributed by atoms with Crippen molar-refractivity contribution in [3.63, 3.8) is 0 Å². The lowest BCUT2D eigenvalue weighted by atomic mass is 10.0. The van der Waals surface area contributed by atoms with Gasteiger partial charge in [0.05, 0.1) is 0 Å². The molecule has 0 aliphatic carbocycles. The van der Waals surface area contributed by atoms with E-state index in [9.17, 15) is 9.59 Å². The summed E-state index contributed by atoms with van der Waals surface area (Å²) in [5.41, 5.74) is 2.69. The van der Waals surface area contributed by atoms with Crippen LogP contribution in [0.3, 0.4) is 0 Å². The minimum Gasteiger partial charge on any atom is -0.445 e. The first-order chi connectivity index (χ1) is 15.2. The van der Waals surface area contributed by atoms with Crippen LogP contribution in [0.4, 0.5) is 4.79 Å². The van der Waals surface area contributed by atoms with Gasteiger partial charge in [-0.25, -0.2) is 4.79 Å². The van der Waals surface area contributed by atoms with Gasteiger partial charge in [-0.05, 0) is 42.0 Å². The Bertz CT molecular complexity index is 1010. The standard InChI is InChI=1S/C23H25N3O3.C2H6/c1-24-22(27)19-8-7-18-9-14-26(21(18)15-19)20-10-12-25(13-11-20)23(28)29-16-17-5-3-2-4-6-17;1-2/h2-9,14-15,20H,10-13,16H2,1H3,(H,24,27);1-2H3. The molecule has 0 radical (unpaired) electrons. The number of piperidine rings is 1. The number of rotatable bonds is 4. The van der Waals surface area contributed by atoms with Gasteiger partial charge in [-0.15, -0.1) is 0 Å². The lowest BCUT2D eigenvalue weighted by Crippen LogP contribution is -2.39. The van der Waals surface area contributed by atoms with Gasteiger partial charge < -0.3 is 19.5 Å². The number of likely N-dealkylation sites (tertiary alicyclic amines) is 1. The summed E-state index contributed by atoms with van der Waals surface area (Å²) in [6, 6.07) is 17.8. The summed E-state index contributed by atoms with van der Waals surface area (Å²) in [7, 11) is 1.64. The Morgan fingerprint density at radius 3 is 2.42 bits per heavy atom. The second-order valence-electron chi connectivity index (χ2n) is 7.33. The molecule has 0 bridgehead atoms. The molecule has 1 fully saturated rings. The topological polar surface area (TPSA) is 63.6 Å². The summed E-state index contributed by atoms with van der Waals surface area (Å²) in [6.45, 7) is 5.62. The van der Waals surface area contributed by atoms with E-state index in [-0.39, 0.29) is 12.0 Å². The Kier molecular flexibility index (Phi) is 7.70. The molecule has 6 nitrogen and oxygen atoms in total. The van der Waals surface area contributed by atoms with E-state index in [1.54, 1.807) is 11.9 Å². The van der Waals surface area contributed by atoms with Crippen molar-refractivity contribution in [2.45, 2.75) is 39.3 Å². The average Bonchev–Trinajstić information content (AvgIpc) is 3.27. The SMILES string of the molecule is CC.CNC(=O)c1ccc2ccn(C3CCN(C(=O)OCc4ccccc4)CC3)c2c1.